The Morgan fingerprint density at radius 1 is 1.33 bits per heavy atom. The first-order valence-corrected chi connectivity index (χ1v) is 6.16. The maximum Gasteiger partial charge on any atom is 0.242 e. The lowest BCUT2D eigenvalue weighted by atomic mass is 10.2. The van der Waals surface area contributed by atoms with E-state index in [1.807, 2.05) is 13.8 Å². The summed E-state index contributed by atoms with van der Waals surface area (Å²) in [6, 6.07) is 5.03. The summed E-state index contributed by atoms with van der Waals surface area (Å²) in [4.78, 5) is 0.0682. The van der Waals surface area contributed by atoms with Crippen molar-refractivity contribution in [3.05, 3.63) is 23.8 Å². The van der Waals surface area contributed by atoms with Crippen LogP contribution in [0.5, 0.6) is 5.75 Å². The van der Waals surface area contributed by atoms with Crippen LogP contribution in [0.1, 0.15) is 19.4 Å². The van der Waals surface area contributed by atoms with Crippen molar-refractivity contribution in [3.63, 3.8) is 0 Å². The molecule has 0 saturated carbocycles. The zero-order valence-electron chi connectivity index (χ0n) is 9.02. The van der Waals surface area contributed by atoms with E-state index in [-0.39, 0.29) is 11.0 Å². The Labute approximate surface area is 90.1 Å². The summed E-state index contributed by atoms with van der Waals surface area (Å²) < 4.78 is 28.1. The standard InChI is InChI=1S/C10H15NO3S/c1-7(2)14-9-6-4-5-8(3)10(9)15(11,12)13/h4-7H,1-3H3,(H2,11,12,13). The Balaban J connectivity index is 3.34. The molecule has 0 unspecified atom stereocenters. The van der Waals surface area contributed by atoms with Crippen LogP contribution in [0.2, 0.25) is 0 Å². The Morgan fingerprint density at radius 3 is 2.40 bits per heavy atom. The van der Waals surface area contributed by atoms with Crippen LogP contribution in [0.4, 0.5) is 0 Å². The van der Waals surface area contributed by atoms with Gasteiger partial charge in [0.2, 0.25) is 10.0 Å². The summed E-state index contributed by atoms with van der Waals surface area (Å²) in [6.45, 7) is 5.34. The van der Waals surface area contributed by atoms with Gasteiger partial charge in [0.1, 0.15) is 10.6 Å². The van der Waals surface area contributed by atoms with Crippen molar-refractivity contribution in [2.45, 2.75) is 31.8 Å². The van der Waals surface area contributed by atoms with E-state index in [1.54, 1.807) is 25.1 Å². The SMILES string of the molecule is Cc1cccc(OC(C)C)c1S(N)(=O)=O. The van der Waals surface area contributed by atoms with E-state index in [9.17, 15) is 8.42 Å². The lowest BCUT2D eigenvalue weighted by Gasteiger charge is -2.14. The van der Waals surface area contributed by atoms with Gasteiger partial charge < -0.3 is 4.74 Å². The molecule has 4 nitrogen and oxygen atoms in total. The van der Waals surface area contributed by atoms with Gasteiger partial charge in [0.25, 0.3) is 0 Å². The quantitative estimate of drug-likeness (QED) is 0.852. The molecule has 0 amide bonds. The highest BCUT2D eigenvalue weighted by molar-refractivity contribution is 7.89. The van der Waals surface area contributed by atoms with Crippen LogP contribution >= 0.6 is 0 Å². The third-order valence-corrected chi connectivity index (χ3v) is 2.92. The fourth-order valence-corrected chi connectivity index (χ4v) is 2.25. The van der Waals surface area contributed by atoms with E-state index in [0.29, 0.717) is 11.3 Å². The first-order valence-electron chi connectivity index (χ1n) is 4.61. The molecule has 0 aliphatic rings. The molecular formula is C10H15NO3S. The first-order chi connectivity index (χ1) is 6.82. The summed E-state index contributed by atoms with van der Waals surface area (Å²) >= 11 is 0. The lowest BCUT2D eigenvalue weighted by Crippen LogP contribution is -2.17. The fourth-order valence-electron chi connectivity index (χ4n) is 1.34. The van der Waals surface area contributed by atoms with Crippen molar-refractivity contribution in [2.75, 3.05) is 0 Å². The number of rotatable bonds is 3. The van der Waals surface area contributed by atoms with Crippen LogP contribution in [-0.4, -0.2) is 14.5 Å². The molecule has 15 heavy (non-hydrogen) atoms. The molecular weight excluding hydrogens is 214 g/mol. The highest BCUT2D eigenvalue weighted by Gasteiger charge is 2.18. The van der Waals surface area contributed by atoms with Gasteiger partial charge in [-0.15, -0.1) is 0 Å². The van der Waals surface area contributed by atoms with Gasteiger partial charge in [-0.05, 0) is 32.4 Å². The second-order valence-electron chi connectivity index (χ2n) is 3.61. The number of hydrogen-bond donors (Lipinski definition) is 1. The van der Waals surface area contributed by atoms with E-state index < -0.39 is 10.0 Å². The van der Waals surface area contributed by atoms with Crippen LogP contribution in [-0.2, 0) is 10.0 Å². The van der Waals surface area contributed by atoms with Crippen molar-refractivity contribution >= 4 is 10.0 Å². The number of hydrogen-bond acceptors (Lipinski definition) is 3. The average molecular weight is 229 g/mol. The van der Waals surface area contributed by atoms with Gasteiger partial charge in [-0.3, -0.25) is 0 Å². The molecule has 0 fully saturated rings. The molecule has 1 rings (SSSR count). The predicted octanol–water partition coefficient (Wildman–Crippen LogP) is 1.43. The number of nitrogens with two attached hydrogens (primary N) is 1. The Kier molecular flexibility index (Phi) is 3.36. The Hall–Kier alpha value is -1.07. The normalized spacial score (nSPS) is 11.8. The van der Waals surface area contributed by atoms with Crippen molar-refractivity contribution in [1.29, 1.82) is 0 Å². The minimum Gasteiger partial charge on any atom is -0.490 e. The third-order valence-electron chi connectivity index (χ3n) is 1.82. The molecule has 0 spiro atoms. The van der Waals surface area contributed by atoms with E-state index >= 15 is 0 Å². The average Bonchev–Trinajstić information content (AvgIpc) is 1.99. The molecule has 1 aromatic rings. The third kappa shape index (κ3) is 2.94. The van der Waals surface area contributed by atoms with E-state index in [4.69, 9.17) is 9.88 Å². The molecule has 0 aliphatic heterocycles. The van der Waals surface area contributed by atoms with E-state index in [2.05, 4.69) is 0 Å². The molecule has 0 bridgehead atoms. The second-order valence-corrected chi connectivity index (χ2v) is 5.11. The lowest BCUT2D eigenvalue weighted by molar-refractivity contribution is 0.235. The molecule has 84 valence electrons. The molecule has 5 heteroatoms. The highest BCUT2D eigenvalue weighted by atomic mass is 32.2. The second kappa shape index (κ2) is 4.20. The maximum absolute atomic E-state index is 11.4. The monoisotopic (exact) mass is 229 g/mol. The molecule has 2 N–H and O–H groups in total. The van der Waals surface area contributed by atoms with Crippen molar-refractivity contribution in [2.24, 2.45) is 5.14 Å². The number of primary sulfonamides is 1. The van der Waals surface area contributed by atoms with Crippen molar-refractivity contribution in [3.8, 4) is 5.75 Å². The van der Waals surface area contributed by atoms with Gasteiger partial charge in [0, 0.05) is 0 Å². The molecule has 0 saturated heterocycles. The fraction of sp³-hybridized carbons (Fsp3) is 0.400. The van der Waals surface area contributed by atoms with E-state index in [0.717, 1.165) is 0 Å². The number of aryl methyl sites for hydroxylation is 1. The largest absolute Gasteiger partial charge is 0.490 e. The predicted molar refractivity (Wildman–Crippen MR) is 58.3 cm³/mol. The van der Waals surface area contributed by atoms with Gasteiger partial charge in [0.15, 0.2) is 0 Å². The van der Waals surface area contributed by atoms with Crippen LogP contribution in [0.3, 0.4) is 0 Å². The topological polar surface area (TPSA) is 69.4 Å². The molecule has 0 heterocycles. The number of benzene rings is 1. The Bertz CT molecular complexity index is 452. The summed E-state index contributed by atoms with van der Waals surface area (Å²) in [5, 5.41) is 5.13. The molecule has 0 aromatic heterocycles. The number of ether oxygens (including phenoxy) is 1. The van der Waals surface area contributed by atoms with Crippen molar-refractivity contribution < 1.29 is 13.2 Å². The van der Waals surface area contributed by atoms with Crippen LogP contribution in [0.25, 0.3) is 0 Å². The van der Waals surface area contributed by atoms with Gasteiger partial charge in [-0.25, -0.2) is 13.6 Å². The van der Waals surface area contributed by atoms with Crippen LogP contribution in [0, 0.1) is 6.92 Å². The minimum absolute atomic E-state index is 0.0682. The molecule has 0 aliphatic carbocycles. The van der Waals surface area contributed by atoms with E-state index in [1.165, 1.54) is 0 Å². The van der Waals surface area contributed by atoms with Gasteiger partial charge >= 0.3 is 0 Å². The van der Waals surface area contributed by atoms with Crippen LogP contribution < -0.4 is 9.88 Å². The zero-order chi connectivity index (χ0) is 11.6. The maximum atomic E-state index is 11.4. The summed E-state index contributed by atoms with van der Waals surface area (Å²) in [6.07, 6.45) is -0.0905. The summed E-state index contributed by atoms with van der Waals surface area (Å²) in [5.41, 5.74) is 0.593. The van der Waals surface area contributed by atoms with Crippen LogP contribution in [0.15, 0.2) is 23.1 Å². The van der Waals surface area contributed by atoms with Gasteiger partial charge in [0.05, 0.1) is 6.10 Å². The zero-order valence-corrected chi connectivity index (χ0v) is 9.84. The van der Waals surface area contributed by atoms with Crippen molar-refractivity contribution in [1.82, 2.24) is 0 Å². The smallest absolute Gasteiger partial charge is 0.242 e. The van der Waals surface area contributed by atoms with Gasteiger partial charge in [-0.1, -0.05) is 12.1 Å². The highest BCUT2D eigenvalue weighted by Crippen LogP contribution is 2.26. The summed E-state index contributed by atoms with van der Waals surface area (Å²) in [7, 11) is -3.73. The minimum atomic E-state index is -3.73. The summed E-state index contributed by atoms with van der Waals surface area (Å²) in [5.74, 6) is 0.313. The first kappa shape index (κ1) is 12.0. The number of sulfonamides is 1. The Morgan fingerprint density at radius 2 is 1.93 bits per heavy atom. The molecule has 1 aromatic carbocycles. The molecule has 0 radical (unpaired) electrons. The molecule has 0 atom stereocenters. The van der Waals surface area contributed by atoms with Gasteiger partial charge in [-0.2, -0.15) is 0 Å².